The lowest BCUT2D eigenvalue weighted by molar-refractivity contribution is -0.123. The summed E-state index contributed by atoms with van der Waals surface area (Å²) in [6.07, 6.45) is 0.0658. The number of amides is 2. The highest BCUT2D eigenvalue weighted by Crippen LogP contribution is 2.16. The summed E-state index contributed by atoms with van der Waals surface area (Å²) in [6, 6.07) is 15.9. The molecule has 2 amide bonds. The van der Waals surface area contributed by atoms with Crippen molar-refractivity contribution in [1.29, 1.82) is 0 Å². The maximum absolute atomic E-state index is 12.2. The molecule has 0 aliphatic carbocycles. The number of thiocarbonyl (C=S) groups is 1. The van der Waals surface area contributed by atoms with E-state index < -0.39 is 6.04 Å². The van der Waals surface area contributed by atoms with Gasteiger partial charge < -0.3 is 10.6 Å². The predicted octanol–water partition coefficient (Wildman–Crippen LogP) is 2.93. The zero-order chi connectivity index (χ0) is 18.9. The average molecular weight is 391 g/mol. The number of anilines is 1. The van der Waals surface area contributed by atoms with Gasteiger partial charge in [-0.1, -0.05) is 48.0 Å². The highest BCUT2D eigenvalue weighted by Gasteiger charge is 2.17. The van der Waals surface area contributed by atoms with Crippen molar-refractivity contribution in [3.8, 4) is 0 Å². The van der Waals surface area contributed by atoms with Gasteiger partial charge >= 0.3 is 0 Å². The highest BCUT2D eigenvalue weighted by atomic mass is 35.5. The minimum absolute atomic E-state index is 0.0658. The van der Waals surface area contributed by atoms with Gasteiger partial charge in [0.1, 0.15) is 0 Å². The van der Waals surface area contributed by atoms with Gasteiger partial charge in [0.15, 0.2) is 5.11 Å². The third-order valence-electron chi connectivity index (χ3n) is 3.37. The zero-order valence-corrected chi connectivity index (χ0v) is 15.7. The fourth-order valence-electron chi connectivity index (χ4n) is 2.27. The molecule has 1 atom stereocenters. The van der Waals surface area contributed by atoms with E-state index in [4.69, 9.17) is 23.8 Å². The second-order valence-corrected chi connectivity index (χ2v) is 6.35. The topological polar surface area (TPSA) is 82.3 Å². The zero-order valence-electron chi connectivity index (χ0n) is 14.1. The van der Waals surface area contributed by atoms with Gasteiger partial charge in [-0.05, 0) is 36.0 Å². The summed E-state index contributed by atoms with van der Waals surface area (Å²) in [7, 11) is 0. The molecule has 26 heavy (non-hydrogen) atoms. The van der Waals surface area contributed by atoms with Crippen LogP contribution in [0, 0.1) is 0 Å². The molecule has 0 bridgehead atoms. The Balaban J connectivity index is 1.87. The molecule has 0 heterocycles. The quantitative estimate of drug-likeness (QED) is 0.466. The van der Waals surface area contributed by atoms with Crippen LogP contribution in [0.3, 0.4) is 0 Å². The predicted molar refractivity (Wildman–Crippen MR) is 107 cm³/mol. The summed E-state index contributed by atoms with van der Waals surface area (Å²) in [5.41, 5.74) is 6.68. The molecule has 0 saturated carbocycles. The van der Waals surface area contributed by atoms with Crippen LogP contribution < -0.4 is 21.5 Å². The number of nitrogens with one attached hydrogen (secondary N) is 4. The molecule has 0 aliphatic rings. The summed E-state index contributed by atoms with van der Waals surface area (Å²) >= 11 is 11.0. The smallest absolute Gasteiger partial charge is 0.240 e. The Hall–Kier alpha value is -2.64. The second-order valence-electron chi connectivity index (χ2n) is 5.51. The first-order chi connectivity index (χ1) is 12.4. The van der Waals surface area contributed by atoms with Crippen molar-refractivity contribution >= 4 is 46.4 Å². The number of benzene rings is 2. The molecule has 4 N–H and O–H groups in total. The van der Waals surface area contributed by atoms with Gasteiger partial charge in [0.2, 0.25) is 11.8 Å². The maximum atomic E-state index is 12.2. The molecule has 6 nitrogen and oxygen atoms in total. The summed E-state index contributed by atoms with van der Waals surface area (Å²) in [4.78, 5) is 23.6. The Kier molecular flexibility index (Phi) is 7.37. The molecule has 0 aromatic heterocycles. The first kappa shape index (κ1) is 19.7. The van der Waals surface area contributed by atoms with Crippen molar-refractivity contribution in [3.05, 3.63) is 65.2 Å². The number of hydrogen-bond donors (Lipinski definition) is 4. The molecule has 0 unspecified atom stereocenters. The van der Waals surface area contributed by atoms with E-state index in [-0.39, 0.29) is 23.3 Å². The van der Waals surface area contributed by atoms with Crippen LogP contribution in [-0.4, -0.2) is 16.9 Å². The Bertz CT molecular complexity index is 786. The third-order valence-corrected chi connectivity index (χ3v) is 3.81. The van der Waals surface area contributed by atoms with E-state index in [0.29, 0.717) is 10.7 Å². The molecule has 0 saturated heterocycles. The van der Waals surface area contributed by atoms with Crippen LogP contribution in [0.5, 0.6) is 0 Å². The number of carbonyl (C=O) groups is 2. The van der Waals surface area contributed by atoms with Gasteiger partial charge in [0.05, 0.1) is 12.5 Å². The first-order valence-electron chi connectivity index (χ1n) is 7.87. The lowest BCUT2D eigenvalue weighted by Gasteiger charge is -2.18. The number of hydrogen-bond acceptors (Lipinski definition) is 3. The van der Waals surface area contributed by atoms with Crippen LogP contribution in [0.4, 0.5) is 5.69 Å². The lowest BCUT2D eigenvalue weighted by atomic mass is 10.0. The van der Waals surface area contributed by atoms with E-state index in [1.165, 1.54) is 6.92 Å². The normalized spacial score (nSPS) is 11.2. The average Bonchev–Trinajstić information content (AvgIpc) is 2.60. The summed E-state index contributed by atoms with van der Waals surface area (Å²) in [6.45, 7) is 1.41. The molecule has 8 heteroatoms. The van der Waals surface area contributed by atoms with Crippen LogP contribution in [0.15, 0.2) is 54.6 Å². The summed E-state index contributed by atoms with van der Waals surface area (Å²) in [5.74, 6) is -0.527. The second kappa shape index (κ2) is 9.74. The van der Waals surface area contributed by atoms with Gasteiger partial charge in [-0.15, -0.1) is 0 Å². The van der Waals surface area contributed by atoms with Gasteiger partial charge in [-0.2, -0.15) is 0 Å². The minimum atomic E-state index is -0.426. The molecule has 2 rings (SSSR count). The van der Waals surface area contributed by atoms with Crippen molar-refractivity contribution in [2.24, 2.45) is 0 Å². The van der Waals surface area contributed by atoms with Crippen molar-refractivity contribution in [3.63, 3.8) is 0 Å². The first-order valence-corrected chi connectivity index (χ1v) is 8.66. The molecule has 2 aromatic rings. The summed E-state index contributed by atoms with van der Waals surface area (Å²) < 4.78 is 0. The SMILES string of the molecule is CC(=O)N[C@H](CC(=O)NNC(=S)Nc1cccc(Cl)c1)c1ccccc1. The fraction of sp³-hybridized carbons (Fsp3) is 0.167. The molecule has 0 spiro atoms. The van der Waals surface area contributed by atoms with Crippen molar-refractivity contribution in [2.45, 2.75) is 19.4 Å². The van der Waals surface area contributed by atoms with Crippen LogP contribution in [0.2, 0.25) is 5.02 Å². The number of carbonyl (C=O) groups excluding carboxylic acids is 2. The number of rotatable bonds is 5. The monoisotopic (exact) mass is 390 g/mol. The lowest BCUT2D eigenvalue weighted by Crippen LogP contribution is -2.45. The van der Waals surface area contributed by atoms with E-state index in [2.05, 4.69) is 21.5 Å². The van der Waals surface area contributed by atoms with Gasteiger partial charge in [-0.25, -0.2) is 0 Å². The number of halogens is 1. The van der Waals surface area contributed by atoms with Gasteiger partial charge in [-0.3, -0.25) is 20.4 Å². The van der Waals surface area contributed by atoms with Gasteiger partial charge in [0, 0.05) is 17.6 Å². The van der Waals surface area contributed by atoms with Crippen molar-refractivity contribution in [2.75, 3.05) is 5.32 Å². The molecule has 2 aromatic carbocycles. The van der Waals surface area contributed by atoms with E-state index in [1.807, 2.05) is 30.3 Å². The maximum Gasteiger partial charge on any atom is 0.240 e. The van der Waals surface area contributed by atoms with Crippen LogP contribution in [-0.2, 0) is 9.59 Å². The molecule has 0 aliphatic heterocycles. The Labute approximate surface area is 162 Å². The van der Waals surface area contributed by atoms with E-state index in [0.717, 1.165) is 5.56 Å². The van der Waals surface area contributed by atoms with E-state index in [9.17, 15) is 9.59 Å². The van der Waals surface area contributed by atoms with Crippen LogP contribution in [0.1, 0.15) is 24.9 Å². The third kappa shape index (κ3) is 6.70. The highest BCUT2D eigenvalue weighted by molar-refractivity contribution is 7.80. The van der Waals surface area contributed by atoms with E-state index in [1.54, 1.807) is 24.3 Å². The molecule has 0 fully saturated rings. The van der Waals surface area contributed by atoms with E-state index >= 15 is 0 Å². The fourth-order valence-corrected chi connectivity index (χ4v) is 2.63. The largest absolute Gasteiger partial charge is 0.349 e. The van der Waals surface area contributed by atoms with Crippen LogP contribution >= 0.6 is 23.8 Å². The number of hydrazine groups is 1. The standard InChI is InChI=1S/C18H19ClN4O2S/c1-12(24)20-16(13-6-3-2-4-7-13)11-17(25)22-23-18(26)21-15-9-5-8-14(19)10-15/h2-10,16H,11H2,1H3,(H,20,24)(H,22,25)(H2,21,23,26)/t16-/m1/s1. The summed E-state index contributed by atoms with van der Waals surface area (Å²) in [5, 5.41) is 6.47. The van der Waals surface area contributed by atoms with Crippen molar-refractivity contribution in [1.82, 2.24) is 16.2 Å². The molecule has 136 valence electrons. The molecule has 0 radical (unpaired) electrons. The Morgan fingerprint density at radius 3 is 2.46 bits per heavy atom. The molecular weight excluding hydrogens is 372 g/mol. The Morgan fingerprint density at radius 2 is 1.81 bits per heavy atom. The molecular formula is C18H19ClN4O2S. The van der Waals surface area contributed by atoms with Crippen LogP contribution in [0.25, 0.3) is 0 Å². The minimum Gasteiger partial charge on any atom is -0.349 e. The Morgan fingerprint density at radius 1 is 1.08 bits per heavy atom. The van der Waals surface area contributed by atoms with Crippen molar-refractivity contribution < 1.29 is 9.59 Å². The van der Waals surface area contributed by atoms with Gasteiger partial charge in [0.25, 0.3) is 0 Å².